The number of amides is 1. The van der Waals surface area contributed by atoms with E-state index in [-0.39, 0.29) is 22.6 Å². The SMILES string of the molecule is O=C(c1cncc(=O)[nH]1)N1CCC(c2ccccc2)(c2cn3ccccc3n2)CC1. The fraction of sp³-hybridized carbons (Fsp3) is 0.217. The zero-order valence-electron chi connectivity index (χ0n) is 16.4. The minimum atomic E-state index is -0.374. The lowest BCUT2D eigenvalue weighted by molar-refractivity contribution is 0.0677. The second-order valence-corrected chi connectivity index (χ2v) is 7.64. The van der Waals surface area contributed by atoms with Gasteiger partial charge in [-0.15, -0.1) is 0 Å². The van der Waals surface area contributed by atoms with Crippen molar-refractivity contribution in [1.29, 1.82) is 0 Å². The third-order valence-corrected chi connectivity index (χ3v) is 5.97. The topological polar surface area (TPSA) is 83.4 Å². The number of carbonyl (C=O) groups excluding carboxylic acids is 1. The molecule has 0 saturated carbocycles. The van der Waals surface area contributed by atoms with Crippen molar-refractivity contribution in [3.63, 3.8) is 0 Å². The lowest BCUT2D eigenvalue weighted by atomic mass is 9.70. The van der Waals surface area contributed by atoms with Crippen molar-refractivity contribution in [2.75, 3.05) is 13.1 Å². The van der Waals surface area contributed by atoms with Gasteiger partial charge < -0.3 is 14.3 Å². The Balaban J connectivity index is 1.49. The second-order valence-electron chi connectivity index (χ2n) is 7.64. The van der Waals surface area contributed by atoms with Gasteiger partial charge in [-0.3, -0.25) is 14.6 Å². The molecule has 0 unspecified atom stereocenters. The second kappa shape index (κ2) is 7.26. The fourth-order valence-corrected chi connectivity index (χ4v) is 4.36. The maximum absolute atomic E-state index is 12.9. The van der Waals surface area contributed by atoms with E-state index in [2.05, 4.69) is 28.3 Å². The molecule has 1 N–H and O–H groups in total. The van der Waals surface area contributed by atoms with Crippen LogP contribution in [0.15, 0.2) is 78.1 Å². The largest absolute Gasteiger partial charge is 0.337 e. The van der Waals surface area contributed by atoms with Gasteiger partial charge in [-0.2, -0.15) is 0 Å². The molecule has 0 bridgehead atoms. The summed E-state index contributed by atoms with van der Waals surface area (Å²) in [6.45, 7) is 1.14. The average molecular weight is 399 g/mol. The zero-order valence-corrected chi connectivity index (χ0v) is 16.4. The summed E-state index contributed by atoms with van der Waals surface area (Å²) in [6.07, 6.45) is 8.16. The summed E-state index contributed by atoms with van der Waals surface area (Å²) in [5.41, 5.74) is 2.71. The van der Waals surface area contributed by atoms with Gasteiger partial charge in [0.1, 0.15) is 11.3 Å². The van der Waals surface area contributed by atoms with E-state index in [4.69, 9.17) is 4.98 Å². The number of pyridine rings is 1. The summed E-state index contributed by atoms with van der Waals surface area (Å²) in [5.74, 6) is -0.197. The monoisotopic (exact) mass is 399 g/mol. The van der Waals surface area contributed by atoms with E-state index in [0.717, 1.165) is 30.4 Å². The maximum Gasteiger partial charge on any atom is 0.271 e. The van der Waals surface area contributed by atoms with Gasteiger partial charge in [0, 0.05) is 30.9 Å². The highest BCUT2D eigenvalue weighted by atomic mass is 16.2. The van der Waals surface area contributed by atoms with Gasteiger partial charge >= 0.3 is 0 Å². The molecule has 0 atom stereocenters. The van der Waals surface area contributed by atoms with Crippen LogP contribution in [0.4, 0.5) is 0 Å². The fourth-order valence-electron chi connectivity index (χ4n) is 4.36. The number of rotatable bonds is 3. The first-order chi connectivity index (χ1) is 14.7. The number of imidazole rings is 1. The van der Waals surface area contributed by atoms with Gasteiger partial charge in [0.2, 0.25) is 0 Å². The van der Waals surface area contributed by atoms with Crippen molar-refractivity contribution < 1.29 is 4.79 Å². The van der Waals surface area contributed by atoms with Crippen LogP contribution in [-0.2, 0) is 5.41 Å². The number of benzene rings is 1. The number of piperidine rings is 1. The Kier molecular flexibility index (Phi) is 4.43. The normalized spacial score (nSPS) is 15.9. The van der Waals surface area contributed by atoms with Crippen LogP contribution >= 0.6 is 0 Å². The van der Waals surface area contributed by atoms with Crippen molar-refractivity contribution in [2.45, 2.75) is 18.3 Å². The van der Waals surface area contributed by atoms with E-state index in [0.29, 0.717) is 13.1 Å². The Morgan fingerprint density at radius 1 is 1.00 bits per heavy atom. The molecule has 1 fully saturated rings. The van der Waals surface area contributed by atoms with Crippen LogP contribution in [0, 0.1) is 0 Å². The lowest BCUT2D eigenvalue weighted by Crippen LogP contribution is -2.46. The number of nitrogens with one attached hydrogen (secondary N) is 1. The van der Waals surface area contributed by atoms with Crippen molar-refractivity contribution in [3.8, 4) is 0 Å². The van der Waals surface area contributed by atoms with E-state index in [1.54, 1.807) is 4.90 Å². The Bertz CT molecular complexity index is 1220. The Labute approximate surface area is 173 Å². The first-order valence-electron chi connectivity index (χ1n) is 9.99. The van der Waals surface area contributed by atoms with Crippen LogP contribution in [-0.4, -0.2) is 43.2 Å². The molecular weight excluding hydrogens is 378 g/mol. The standard InChI is InChI=1S/C23H21N5O2/c29-21-15-24-14-18(25-21)22(30)27-12-9-23(10-13-27,17-6-2-1-3-7-17)19-16-28-11-5-4-8-20(28)26-19/h1-8,11,14-16H,9-10,12-13H2,(H,25,29). The molecule has 1 aliphatic rings. The molecular formula is C23H21N5O2. The predicted octanol–water partition coefficient (Wildman–Crippen LogP) is 2.64. The van der Waals surface area contributed by atoms with Crippen LogP contribution in [0.2, 0.25) is 0 Å². The van der Waals surface area contributed by atoms with Gasteiger partial charge in [-0.1, -0.05) is 36.4 Å². The van der Waals surface area contributed by atoms with Crippen LogP contribution in [0.5, 0.6) is 0 Å². The molecule has 7 nitrogen and oxygen atoms in total. The van der Waals surface area contributed by atoms with Gasteiger partial charge in [0.25, 0.3) is 11.5 Å². The third kappa shape index (κ3) is 3.08. The van der Waals surface area contributed by atoms with E-state index in [1.165, 1.54) is 11.8 Å². The number of H-pyrrole nitrogens is 1. The molecule has 3 aromatic heterocycles. The van der Waals surface area contributed by atoms with Gasteiger partial charge in [-0.25, -0.2) is 4.98 Å². The zero-order chi connectivity index (χ0) is 20.6. The third-order valence-electron chi connectivity index (χ3n) is 5.97. The number of fused-ring (bicyclic) bond motifs is 1. The van der Waals surface area contributed by atoms with Crippen molar-refractivity contribution in [3.05, 3.63) is 101 Å². The Morgan fingerprint density at radius 2 is 1.77 bits per heavy atom. The van der Waals surface area contributed by atoms with Crippen LogP contribution < -0.4 is 5.56 Å². The molecule has 0 spiro atoms. The van der Waals surface area contributed by atoms with Crippen LogP contribution in [0.1, 0.15) is 34.6 Å². The van der Waals surface area contributed by atoms with Gasteiger partial charge in [0.15, 0.2) is 0 Å². The number of likely N-dealkylation sites (tertiary alicyclic amines) is 1. The smallest absolute Gasteiger partial charge is 0.271 e. The summed E-state index contributed by atoms with van der Waals surface area (Å²) in [5, 5.41) is 0. The molecule has 150 valence electrons. The summed E-state index contributed by atoms with van der Waals surface area (Å²) in [6, 6.07) is 16.4. The van der Waals surface area contributed by atoms with E-state index in [1.807, 2.05) is 47.0 Å². The highest BCUT2D eigenvalue weighted by Gasteiger charge is 2.41. The molecule has 0 radical (unpaired) electrons. The maximum atomic E-state index is 12.9. The van der Waals surface area contributed by atoms with E-state index >= 15 is 0 Å². The highest BCUT2D eigenvalue weighted by Crippen LogP contribution is 2.41. The minimum absolute atomic E-state index is 0.197. The van der Waals surface area contributed by atoms with E-state index < -0.39 is 0 Å². The molecule has 4 heterocycles. The van der Waals surface area contributed by atoms with Crippen molar-refractivity contribution >= 4 is 11.6 Å². The molecule has 5 rings (SSSR count). The number of hydrogen-bond acceptors (Lipinski definition) is 4. The summed E-state index contributed by atoms with van der Waals surface area (Å²) in [7, 11) is 0. The Hall–Kier alpha value is -3.74. The number of hydrogen-bond donors (Lipinski definition) is 1. The van der Waals surface area contributed by atoms with Crippen LogP contribution in [0.3, 0.4) is 0 Å². The highest BCUT2D eigenvalue weighted by molar-refractivity contribution is 5.92. The van der Waals surface area contributed by atoms with Gasteiger partial charge in [-0.05, 0) is 30.5 Å². The average Bonchev–Trinajstić information content (AvgIpc) is 3.24. The number of aromatic nitrogens is 4. The first-order valence-corrected chi connectivity index (χ1v) is 9.99. The summed E-state index contributed by atoms with van der Waals surface area (Å²) >= 11 is 0. The molecule has 1 saturated heterocycles. The molecule has 0 aliphatic carbocycles. The lowest BCUT2D eigenvalue weighted by Gasteiger charge is -2.41. The van der Waals surface area contributed by atoms with Crippen LogP contribution in [0.25, 0.3) is 5.65 Å². The molecule has 1 aromatic carbocycles. The summed E-state index contributed by atoms with van der Waals surface area (Å²) < 4.78 is 2.04. The molecule has 1 amide bonds. The number of nitrogens with zero attached hydrogens (tertiary/aromatic N) is 4. The first kappa shape index (κ1) is 18.3. The molecule has 30 heavy (non-hydrogen) atoms. The number of aromatic amines is 1. The van der Waals surface area contributed by atoms with Gasteiger partial charge in [0.05, 0.1) is 18.1 Å². The number of carbonyl (C=O) groups is 1. The van der Waals surface area contributed by atoms with Crippen molar-refractivity contribution in [1.82, 2.24) is 24.3 Å². The molecule has 4 aromatic rings. The van der Waals surface area contributed by atoms with Crippen molar-refractivity contribution in [2.24, 2.45) is 0 Å². The quantitative estimate of drug-likeness (QED) is 0.574. The Morgan fingerprint density at radius 3 is 2.50 bits per heavy atom. The molecule has 7 heteroatoms. The summed E-state index contributed by atoms with van der Waals surface area (Å²) in [4.78, 5) is 37.5. The predicted molar refractivity (Wildman–Crippen MR) is 112 cm³/mol. The minimum Gasteiger partial charge on any atom is -0.337 e. The van der Waals surface area contributed by atoms with E-state index in [9.17, 15) is 9.59 Å². The molecule has 1 aliphatic heterocycles.